The fraction of sp³-hybridized carbons (Fsp3) is 0.500. The van der Waals surface area contributed by atoms with E-state index in [1.807, 2.05) is 6.92 Å². The van der Waals surface area contributed by atoms with Gasteiger partial charge in [0.05, 0.1) is 0 Å². The molecule has 1 aromatic carbocycles. The van der Waals surface area contributed by atoms with Crippen LogP contribution in [0.15, 0.2) is 24.3 Å². The third kappa shape index (κ3) is 4.28. The molecule has 0 aliphatic heterocycles. The number of hydrogen-bond acceptors (Lipinski definition) is 2. The molecule has 2 nitrogen and oxygen atoms in total. The van der Waals surface area contributed by atoms with Crippen molar-refractivity contribution in [3.63, 3.8) is 0 Å². The van der Waals surface area contributed by atoms with Crippen molar-refractivity contribution < 1.29 is 0 Å². The predicted octanol–water partition coefficient (Wildman–Crippen LogP) is 2.53. The molecular formula is C12H20N2. The lowest BCUT2D eigenvalue weighted by Gasteiger charge is -2.08. The first kappa shape index (κ1) is 11.1. The summed E-state index contributed by atoms with van der Waals surface area (Å²) in [7, 11) is 0. The molecule has 14 heavy (non-hydrogen) atoms. The summed E-state index contributed by atoms with van der Waals surface area (Å²) in [5, 5.41) is 3.39. The van der Waals surface area contributed by atoms with Crippen molar-refractivity contribution in [3.05, 3.63) is 29.8 Å². The number of anilines is 1. The molecule has 0 aliphatic carbocycles. The summed E-state index contributed by atoms with van der Waals surface area (Å²) in [4.78, 5) is 0. The first-order valence-electron chi connectivity index (χ1n) is 5.24. The van der Waals surface area contributed by atoms with Crippen LogP contribution in [0.4, 0.5) is 5.69 Å². The van der Waals surface area contributed by atoms with E-state index in [9.17, 15) is 0 Å². The highest BCUT2D eigenvalue weighted by Gasteiger charge is 1.94. The Labute approximate surface area is 86.5 Å². The van der Waals surface area contributed by atoms with Crippen molar-refractivity contribution in [1.29, 1.82) is 0 Å². The summed E-state index contributed by atoms with van der Waals surface area (Å²) in [6.45, 7) is 5.16. The Morgan fingerprint density at radius 2 is 2.21 bits per heavy atom. The highest BCUT2D eigenvalue weighted by Crippen LogP contribution is 2.09. The highest BCUT2D eigenvalue weighted by molar-refractivity contribution is 5.45. The van der Waals surface area contributed by atoms with Crippen LogP contribution >= 0.6 is 0 Å². The fourth-order valence-electron chi connectivity index (χ4n) is 1.41. The maximum atomic E-state index is 5.67. The molecule has 0 bridgehead atoms. The van der Waals surface area contributed by atoms with Gasteiger partial charge in [-0.3, -0.25) is 0 Å². The first-order valence-corrected chi connectivity index (χ1v) is 5.24. The summed E-state index contributed by atoms with van der Waals surface area (Å²) in [5.74, 6) is 0. The minimum atomic E-state index is 0.314. The van der Waals surface area contributed by atoms with Crippen molar-refractivity contribution in [2.75, 3.05) is 11.9 Å². The van der Waals surface area contributed by atoms with Crippen LogP contribution in [0.3, 0.4) is 0 Å². The zero-order chi connectivity index (χ0) is 10.4. The van der Waals surface area contributed by atoms with Gasteiger partial charge < -0.3 is 11.1 Å². The molecule has 0 radical (unpaired) electrons. The molecule has 1 atom stereocenters. The smallest absolute Gasteiger partial charge is 0.0342 e. The first-order chi connectivity index (χ1) is 6.68. The van der Waals surface area contributed by atoms with Gasteiger partial charge in [-0.2, -0.15) is 0 Å². The van der Waals surface area contributed by atoms with Crippen molar-refractivity contribution in [1.82, 2.24) is 0 Å². The van der Waals surface area contributed by atoms with E-state index >= 15 is 0 Å². The van der Waals surface area contributed by atoms with E-state index in [1.54, 1.807) is 0 Å². The summed E-state index contributed by atoms with van der Waals surface area (Å²) in [5.41, 5.74) is 8.17. The van der Waals surface area contributed by atoms with Gasteiger partial charge >= 0.3 is 0 Å². The molecule has 0 fully saturated rings. The minimum absolute atomic E-state index is 0.314. The van der Waals surface area contributed by atoms with E-state index in [0.717, 1.165) is 19.4 Å². The number of rotatable bonds is 5. The summed E-state index contributed by atoms with van der Waals surface area (Å²) < 4.78 is 0. The van der Waals surface area contributed by atoms with Gasteiger partial charge in [0.25, 0.3) is 0 Å². The molecule has 1 aromatic rings. The van der Waals surface area contributed by atoms with Gasteiger partial charge in [0.1, 0.15) is 0 Å². The largest absolute Gasteiger partial charge is 0.385 e. The van der Waals surface area contributed by atoms with E-state index in [0.29, 0.717) is 6.04 Å². The third-order valence-electron chi connectivity index (χ3n) is 2.18. The molecule has 1 unspecified atom stereocenters. The normalized spacial score (nSPS) is 12.5. The lowest BCUT2D eigenvalue weighted by molar-refractivity contribution is 0.639. The van der Waals surface area contributed by atoms with Crippen LogP contribution in [0.5, 0.6) is 0 Å². The number of hydrogen-bond donors (Lipinski definition) is 2. The fourth-order valence-corrected chi connectivity index (χ4v) is 1.41. The number of aryl methyl sites for hydroxylation is 1. The molecule has 0 aromatic heterocycles. The SMILES string of the molecule is Cc1cccc(NCCCC(C)N)c1. The highest BCUT2D eigenvalue weighted by atomic mass is 14.9. The molecule has 0 spiro atoms. The second-order valence-electron chi connectivity index (χ2n) is 3.92. The Kier molecular flexibility index (Phi) is 4.47. The lowest BCUT2D eigenvalue weighted by Crippen LogP contribution is -2.16. The van der Waals surface area contributed by atoms with Crippen molar-refractivity contribution in [3.8, 4) is 0 Å². The Hall–Kier alpha value is -1.02. The van der Waals surface area contributed by atoms with E-state index < -0.39 is 0 Å². The molecular weight excluding hydrogens is 172 g/mol. The molecule has 0 amide bonds. The average Bonchev–Trinajstić information content (AvgIpc) is 2.12. The van der Waals surface area contributed by atoms with Crippen LogP contribution in [0.1, 0.15) is 25.3 Å². The maximum absolute atomic E-state index is 5.67. The van der Waals surface area contributed by atoms with Crippen LogP contribution in [0, 0.1) is 6.92 Å². The molecule has 0 saturated carbocycles. The van der Waals surface area contributed by atoms with Crippen LogP contribution in [-0.2, 0) is 0 Å². The molecule has 2 heteroatoms. The molecule has 0 heterocycles. The van der Waals surface area contributed by atoms with Gasteiger partial charge in [-0.1, -0.05) is 12.1 Å². The van der Waals surface area contributed by atoms with Gasteiger partial charge in [-0.25, -0.2) is 0 Å². The Morgan fingerprint density at radius 1 is 1.43 bits per heavy atom. The van der Waals surface area contributed by atoms with Crippen molar-refractivity contribution >= 4 is 5.69 Å². The Bertz CT molecular complexity index is 269. The maximum Gasteiger partial charge on any atom is 0.0342 e. The Morgan fingerprint density at radius 3 is 2.86 bits per heavy atom. The third-order valence-corrected chi connectivity index (χ3v) is 2.18. The van der Waals surface area contributed by atoms with Gasteiger partial charge in [0, 0.05) is 18.3 Å². The van der Waals surface area contributed by atoms with Gasteiger partial charge in [-0.15, -0.1) is 0 Å². The molecule has 0 aliphatic rings. The quantitative estimate of drug-likeness (QED) is 0.704. The second-order valence-corrected chi connectivity index (χ2v) is 3.92. The van der Waals surface area contributed by atoms with E-state index in [-0.39, 0.29) is 0 Å². The summed E-state index contributed by atoms with van der Waals surface area (Å²) in [6.07, 6.45) is 2.21. The van der Waals surface area contributed by atoms with Crippen LogP contribution in [0.2, 0.25) is 0 Å². The summed E-state index contributed by atoms with van der Waals surface area (Å²) in [6, 6.07) is 8.75. The Balaban J connectivity index is 2.25. The minimum Gasteiger partial charge on any atom is -0.385 e. The zero-order valence-corrected chi connectivity index (χ0v) is 9.09. The molecule has 78 valence electrons. The van der Waals surface area contributed by atoms with Crippen molar-refractivity contribution in [2.45, 2.75) is 32.7 Å². The average molecular weight is 192 g/mol. The van der Waals surface area contributed by atoms with Crippen LogP contribution in [0.25, 0.3) is 0 Å². The van der Waals surface area contributed by atoms with Gasteiger partial charge in [-0.05, 0) is 44.4 Å². The second kappa shape index (κ2) is 5.66. The lowest BCUT2D eigenvalue weighted by atomic mass is 10.2. The van der Waals surface area contributed by atoms with E-state index in [1.165, 1.54) is 11.3 Å². The number of nitrogens with one attached hydrogen (secondary N) is 1. The molecule has 0 saturated heterocycles. The standard InChI is InChI=1S/C12H20N2/c1-10-5-3-7-12(9-10)14-8-4-6-11(2)13/h3,5,7,9,11,14H,4,6,8,13H2,1-2H3. The van der Waals surface area contributed by atoms with Crippen LogP contribution < -0.4 is 11.1 Å². The van der Waals surface area contributed by atoms with Crippen LogP contribution in [-0.4, -0.2) is 12.6 Å². The molecule has 3 N–H and O–H groups in total. The topological polar surface area (TPSA) is 38.0 Å². The molecule has 1 rings (SSSR count). The van der Waals surface area contributed by atoms with Gasteiger partial charge in [0.2, 0.25) is 0 Å². The van der Waals surface area contributed by atoms with E-state index in [2.05, 4.69) is 36.5 Å². The number of nitrogens with two attached hydrogens (primary N) is 1. The van der Waals surface area contributed by atoms with E-state index in [4.69, 9.17) is 5.73 Å². The zero-order valence-electron chi connectivity index (χ0n) is 9.09. The van der Waals surface area contributed by atoms with Crippen molar-refractivity contribution in [2.24, 2.45) is 5.73 Å². The monoisotopic (exact) mass is 192 g/mol. The number of benzene rings is 1. The van der Waals surface area contributed by atoms with Gasteiger partial charge in [0.15, 0.2) is 0 Å². The predicted molar refractivity (Wildman–Crippen MR) is 62.6 cm³/mol. The summed E-state index contributed by atoms with van der Waals surface area (Å²) >= 11 is 0.